The fraction of sp³-hybridized carbons (Fsp3) is 0.154. The zero-order valence-corrected chi connectivity index (χ0v) is 9.53. The van der Waals surface area contributed by atoms with Crippen molar-refractivity contribution in [2.75, 3.05) is 7.11 Å². The zero-order valence-electron chi connectivity index (χ0n) is 9.53. The summed E-state index contributed by atoms with van der Waals surface area (Å²) >= 11 is 0. The first kappa shape index (κ1) is 12.4. The molecule has 0 fully saturated rings. The molecule has 1 aromatic carbocycles. The van der Waals surface area contributed by atoms with Gasteiger partial charge in [0.15, 0.2) is 0 Å². The number of methoxy groups -OCH3 is 1. The van der Waals surface area contributed by atoms with E-state index in [9.17, 15) is 13.2 Å². The molecule has 1 heterocycles. The molecule has 0 radical (unpaired) electrons. The molecule has 0 saturated carbocycles. The molecule has 0 unspecified atom stereocenters. The average molecular weight is 253 g/mol. The molecule has 0 saturated heterocycles. The Morgan fingerprint density at radius 1 is 1.17 bits per heavy atom. The normalized spacial score (nSPS) is 10.7. The van der Waals surface area contributed by atoms with Gasteiger partial charge in [-0.05, 0) is 35.9 Å². The van der Waals surface area contributed by atoms with Crippen molar-refractivity contribution in [1.82, 2.24) is 4.98 Å². The first-order valence-corrected chi connectivity index (χ1v) is 5.20. The number of alkyl halides is 2. The summed E-state index contributed by atoms with van der Waals surface area (Å²) in [6.45, 7) is 0. The lowest BCUT2D eigenvalue weighted by atomic mass is 10.0. The Labute approximate surface area is 102 Å². The lowest BCUT2D eigenvalue weighted by Gasteiger charge is -2.09. The van der Waals surface area contributed by atoms with Gasteiger partial charge in [0, 0.05) is 11.8 Å². The average Bonchev–Trinajstić information content (AvgIpc) is 2.39. The monoisotopic (exact) mass is 253 g/mol. The molecule has 2 rings (SSSR count). The second kappa shape index (κ2) is 5.08. The molecule has 18 heavy (non-hydrogen) atoms. The second-order valence-corrected chi connectivity index (χ2v) is 3.61. The Balaban J connectivity index is 2.54. The van der Waals surface area contributed by atoms with Gasteiger partial charge in [-0.1, -0.05) is 0 Å². The van der Waals surface area contributed by atoms with Crippen LogP contribution in [0.15, 0.2) is 36.5 Å². The quantitative estimate of drug-likeness (QED) is 0.829. The smallest absolute Gasteiger partial charge is 0.280 e. The van der Waals surface area contributed by atoms with Gasteiger partial charge in [-0.3, -0.25) is 4.98 Å². The molecule has 2 aromatic rings. The first-order valence-electron chi connectivity index (χ1n) is 5.20. The zero-order chi connectivity index (χ0) is 13.1. The number of hydrogen-bond acceptors (Lipinski definition) is 2. The lowest BCUT2D eigenvalue weighted by Crippen LogP contribution is -1.93. The Bertz CT molecular complexity index is 558. The van der Waals surface area contributed by atoms with E-state index in [0.29, 0.717) is 16.9 Å². The van der Waals surface area contributed by atoms with Gasteiger partial charge < -0.3 is 4.74 Å². The van der Waals surface area contributed by atoms with Gasteiger partial charge in [0.2, 0.25) is 0 Å². The third-order valence-electron chi connectivity index (χ3n) is 2.48. The van der Waals surface area contributed by atoms with Crippen molar-refractivity contribution >= 4 is 0 Å². The van der Waals surface area contributed by atoms with Crippen molar-refractivity contribution in [3.8, 4) is 16.9 Å². The minimum Gasteiger partial charge on any atom is -0.496 e. The number of benzene rings is 1. The fourth-order valence-electron chi connectivity index (χ4n) is 1.64. The van der Waals surface area contributed by atoms with Crippen LogP contribution in [-0.4, -0.2) is 12.1 Å². The van der Waals surface area contributed by atoms with Crippen molar-refractivity contribution in [3.05, 3.63) is 48.0 Å². The van der Waals surface area contributed by atoms with E-state index in [2.05, 4.69) is 4.98 Å². The fourth-order valence-corrected chi connectivity index (χ4v) is 1.64. The molecule has 5 heteroatoms. The van der Waals surface area contributed by atoms with Gasteiger partial charge in [0.1, 0.15) is 17.3 Å². The summed E-state index contributed by atoms with van der Waals surface area (Å²) in [6, 6.07) is 6.69. The highest BCUT2D eigenvalue weighted by Crippen LogP contribution is 2.31. The molecule has 0 N–H and O–H groups in total. The highest BCUT2D eigenvalue weighted by atomic mass is 19.3. The topological polar surface area (TPSA) is 22.1 Å². The third kappa shape index (κ3) is 2.45. The predicted molar refractivity (Wildman–Crippen MR) is 61.1 cm³/mol. The van der Waals surface area contributed by atoms with E-state index >= 15 is 0 Å². The Kier molecular flexibility index (Phi) is 3.50. The van der Waals surface area contributed by atoms with Gasteiger partial charge in [-0.2, -0.15) is 0 Å². The maximum Gasteiger partial charge on any atom is 0.280 e. The summed E-state index contributed by atoms with van der Waals surface area (Å²) in [5, 5.41) is 0. The highest BCUT2D eigenvalue weighted by Gasteiger charge is 2.12. The maximum atomic E-state index is 13.2. The van der Waals surface area contributed by atoms with Gasteiger partial charge >= 0.3 is 0 Å². The molecule has 1 aromatic heterocycles. The molecule has 0 amide bonds. The van der Waals surface area contributed by atoms with Crippen molar-refractivity contribution < 1.29 is 17.9 Å². The molecule has 0 aliphatic carbocycles. The molecular weight excluding hydrogens is 243 g/mol. The highest BCUT2D eigenvalue weighted by molar-refractivity contribution is 5.70. The maximum absolute atomic E-state index is 13.2. The van der Waals surface area contributed by atoms with E-state index in [0.717, 1.165) is 0 Å². The summed E-state index contributed by atoms with van der Waals surface area (Å²) in [4.78, 5) is 3.56. The van der Waals surface area contributed by atoms with Crippen LogP contribution in [0.2, 0.25) is 0 Å². The van der Waals surface area contributed by atoms with Crippen LogP contribution in [-0.2, 0) is 0 Å². The number of hydrogen-bond donors (Lipinski definition) is 0. The van der Waals surface area contributed by atoms with Crippen LogP contribution in [0.4, 0.5) is 13.2 Å². The number of aromatic nitrogens is 1. The van der Waals surface area contributed by atoms with Crippen LogP contribution >= 0.6 is 0 Å². The minimum atomic E-state index is -2.66. The predicted octanol–water partition coefficient (Wildman–Crippen LogP) is 3.83. The van der Waals surface area contributed by atoms with Crippen molar-refractivity contribution in [3.63, 3.8) is 0 Å². The van der Waals surface area contributed by atoms with Gasteiger partial charge in [0.25, 0.3) is 6.43 Å². The Hall–Kier alpha value is -2.04. The number of halogens is 3. The molecule has 94 valence electrons. The first-order chi connectivity index (χ1) is 8.61. The summed E-state index contributed by atoms with van der Waals surface area (Å²) in [5.41, 5.74) is 0.511. The molecule has 0 aliphatic heterocycles. The number of pyridine rings is 1. The Morgan fingerprint density at radius 3 is 2.61 bits per heavy atom. The van der Waals surface area contributed by atoms with Crippen molar-refractivity contribution in [2.24, 2.45) is 0 Å². The largest absolute Gasteiger partial charge is 0.496 e. The van der Waals surface area contributed by atoms with E-state index < -0.39 is 12.2 Å². The van der Waals surface area contributed by atoms with E-state index in [1.54, 1.807) is 0 Å². The molecule has 0 spiro atoms. The van der Waals surface area contributed by atoms with Crippen LogP contribution in [0.25, 0.3) is 11.1 Å². The van der Waals surface area contributed by atoms with E-state index in [1.807, 2.05) is 0 Å². The second-order valence-electron chi connectivity index (χ2n) is 3.61. The number of nitrogens with zero attached hydrogens (tertiary/aromatic N) is 1. The van der Waals surface area contributed by atoms with E-state index in [4.69, 9.17) is 4.74 Å². The number of rotatable bonds is 3. The summed E-state index contributed by atoms with van der Waals surface area (Å²) in [7, 11) is 1.44. The molecule has 0 bridgehead atoms. The van der Waals surface area contributed by atoms with Crippen LogP contribution in [0.1, 0.15) is 12.1 Å². The minimum absolute atomic E-state index is 0.348. The van der Waals surface area contributed by atoms with E-state index in [-0.39, 0.29) is 5.69 Å². The molecule has 0 atom stereocenters. The molecule has 0 aliphatic rings. The molecular formula is C13H10F3NO. The Morgan fingerprint density at radius 2 is 1.94 bits per heavy atom. The van der Waals surface area contributed by atoms with Gasteiger partial charge in [-0.15, -0.1) is 0 Å². The summed E-state index contributed by atoms with van der Waals surface area (Å²) < 4.78 is 43.4. The lowest BCUT2D eigenvalue weighted by molar-refractivity contribution is 0.146. The van der Waals surface area contributed by atoms with E-state index in [1.165, 1.54) is 43.6 Å². The standard InChI is InChI=1S/C13H10F3NO/c1-18-12-3-2-9(14)7-10(12)8-4-5-17-11(6-8)13(15)16/h2-7,13H,1H3. The van der Waals surface area contributed by atoms with Gasteiger partial charge in [-0.25, -0.2) is 13.2 Å². The van der Waals surface area contributed by atoms with Crippen LogP contribution in [0.3, 0.4) is 0 Å². The van der Waals surface area contributed by atoms with Gasteiger partial charge in [0.05, 0.1) is 7.11 Å². The van der Waals surface area contributed by atoms with Crippen molar-refractivity contribution in [2.45, 2.75) is 6.43 Å². The van der Waals surface area contributed by atoms with Crippen LogP contribution in [0, 0.1) is 5.82 Å². The van der Waals surface area contributed by atoms with Crippen molar-refractivity contribution in [1.29, 1.82) is 0 Å². The van der Waals surface area contributed by atoms with Crippen LogP contribution < -0.4 is 4.74 Å². The summed E-state index contributed by atoms with van der Waals surface area (Å²) in [6.07, 6.45) is -1.40. The third-order valence-corrected chi connectivity index (χ3v) is 2.48. The summed E-state index contributed by atoms with van der Waals surface area (Å²) in [5.74, 6) is -0.0379. The SMILES string of the molecule is COc1ccc(F)cc1-c1ccnc(C(F)F)c1. The van der Waals surface area contributed by atoms with Crippen LogP contribution in [0.5, 0.6) is 5.75 Å². The number of ether oxygens (including phenoxy) is 1. The molecule has 2 nitrogen and oxygen atoms in total.